The van der Waals surface area contributed by atoms with Crippen molar-refractivity contribution in [1.82, 2.24) is 9.21 Å². The van der Waals surface area contributed by atoms with Crippen LogP contribution in [0.15, 0.2) is 77.7 Å². The largest absolute Gasteiger partial charge is 0.272 e. The molecule has 0 aliphatic carbocycles. The molecule has 5 rings (SSSR count). The van der Waals surface area contributed by atoms with Crippen LogP contribution < -0.4 is 0 Å². The summed E-state index contributed by atoms with van der Waals surface area (Å²) in [5.74, 6) is -0.923. The van der Waals surface area contributed by atoms with Crippen molar-refractivity contribution < 1.29 is 22.9 Å². The van der Waals surface area contributed by atoms with Gasteiger partial charge in [0.1, 0.15) is 0 Å². The average Bonchev–Trinajstić information content (AvgIpc) is 3.09. The number of hydrogen-bond donors (Lipinski definition) is 0. The topological polar surface area (TPSA) is 118 Å². The molecule has 0 aromatic heterocycles. The Morgan fingerprint density at radius 2 is 1.47 bits per heavy atom. The Bertz CT molecular complexity index is 1400. The van der Waals surface area contributed by atoms with Gasteiger partial charge in [0.25, 0.3) is 17.5 Å². The van der Waals surface area contributed by atoms with E-state index in [9.17, 15) is 28.1 Å². The SMILES string of the molecule is O=C1c2ccccc2C(=O)N1C[C@@H]1c2ccccc2CCN1S(=O)(=O)c1ccc([N+](=O)[O-])cc1. The maximum atomic E-state index is 13.6. The van der Waals surface area contributed by atoms with Crippen LogP contribution in [0.25, 0.3) is 0 Å². The van der Waals surface area contributed by atoms with E-state index in [0.717, 1.165) is 28.2 Å². The van der Waals surface area contributed by atoms with Gasteiger partial charge in [-0.15, -0.1) is 0 Å². The Labute approximate surface area is 195 Å². The zero-order valence-corrected chi connectivity index (χ0v) is 18.6. The zero-order valence-electron chi connectivity index (χ0n) is 17.8. The first kappa shape index (κ1) is 21.9. The fourth-order valence-electron chi connectivity index (χ4n) is 4.56. The molecule has 0 radical (unpaired) electrons. The van der Waals surface area contributed by atoms with Crippen LogP contribution in [0.2, 0.25) is 0 Å². The molecule has 0 N–H and O–H groups in total. The summed E-state index contributed by atoms with van der Waals surface area (Å²) in [5, 5.41) is 11.0. The van der Waals surface area contributed by atoms with Crippen molar-refractivity contribution >= 4 is 27.5 Å². The molecule has 3 aromatic rings. The minimum Gasteiger partial charge on any atom is -0.272 e. The molecule has 2 heterocycles. The number of imide groups is 1. The van der Waals surface area contributed by atoms with Crippen molar-refractivity contribution in [3.63, 3.8) is 0 Å². The van der Waals surface area contributed by atoms with Gasteiger partial charge in [-0.2, -0.15) is 4.31 Å². The van der Waals surface area contributed by atoms with Crippen LogP contribution >= 0.6 is 0 Å². The number of nitro benzene ring substituents is 1. The van der Waals surface area contributed by atoms with Crippen molar-refractivity contribution in [2.75, 3.05) is 13.1 Å². The highest BCUT2D eigenvalue weighted by atomic mass is 32.2. The number of amides is 2. The summed E-state index contributed by atoms with van der Waals surface area (Å²) >= 11 is 0. The molecular formula is C24H19N3O6S. The molecular weight excluding hydrogens is 458 g/mol. The van der Waals surface area contributed by atoms with Gasteiger partial charge in [-0.25, -0.2) is 8.42 Å². The van der Waals surface area contributed by atoms with Gasteiger partial charge in [0.2, 0.25) is 10.0 Å². The number of carbonyl (C=O) groups excluding carboxylic acids is 2. The van der Waals surface area contributed by atoms with E-state index in [4.69, 9.17) is 0 Å². The van der Waals surface area contributed by atoms with Crippen LogP contribution in [0.1, 0.15) is 37.9 Å². The van der Waals surface area contributed by atoms with E-state index >= 15 is 0 Å². The van der Waals surface area contributed by atoms with Gasteiger partial charge in [-0.3, -0.25) is 24.6 Å². The summed E-state index contributed by atoms with van der Waals surface area (Å²) in [7, 11) is -4.08. The van der Waals surface area contributed by atoms with Crippen molar-refractivity contribution in [3.8, 4) is 0 Å². The van der Waals surface area contributed by atoms with E-state index in [1.54, 1.807) is 36.4 Å². The lowest BCUT2D eigenvalue weighted by Crippen LogP contribution is -2.46. The number of hydrogen-bond acceptors (Lipinski definition) is 6. The molecule has 1 atom stereocenters. The van der Waals surface area contributed by atoms with Crippen LogP contribution in [0, 0.1) is 10.1 Å². The molecule has 2 amide bonds. The maximum Gasteiger partial charge on any atom is 0.269 e. The Kier molecular flexibility index (Phi) is 5.26. The third kappa shape index (κ3) is 3.47. The summed E-state index contributed by atoms with van der Waals surface area (Å²) in [6.45, 7) is -0.000256. The Morgan fingerprint density at radius 3 is 2.09 bits per heavy atom. The monoisotopic (exact) mass is 477 g/mol. The molecule has 2 aliphatic rings. The van der Waals surface area contributed by atoms with Gasteiger partial charge in [-0.1, -0.05) is 36.4 Å². The smallest absolute Gasteiger partial charge is 0.269 e. The summed E-state index contributed by atoms with van der Waals surface area (Å²) in [5.41, 5.74) is 2.03. The van der Waals surface area contributed by atoms with Crippen LogP contribution in [-0.4, -0.2) is 47.5 Å². The number of benzene rings is 3. The van der Waals surface area contributed by atoms with Gasteiger partial charge in [0, 0.05) is 18.7 Å². The van der Waals surface area contributed by atoms with Crippen LogP contribution in [-0.2, 0) is 16.4 Å². The first-order valence-electron chi connectivity index (χ1n) is 10.6. The molecule has 0 spiro atoms. The highest BCUT2D eigenvalue weighted by molar-refractivity contribution is 7.89. The summed E-state index contributed by atoms with van der Waals surface area (Å²) in [6.07, 6.45) is 0.459. The van der Waals surface area contributed by atoms with Crippen molar-refractivity contribution in [1.29, 1.82) is 0 Å². The van der Waals surface area contributed by atoms with E-state index in [0.29, 0.717) is 17.5 Å². The quantitative estimate of drug-likeness (QED) is 0.316. The number of nitrogens with zero attached hydrogens (tertiary/aromatic N) is 3. The number of rotatable bonds is 5. The standard InChI is InChI=1S/C24H19N3O6S/c28-23-20-7-3-4-8-21(20)24(29)25(23)15-22-19-6-2-1-5-16(19)13-14-26(22)34(32,33)18-11-9-17(10-12-18)27(30)31/h1-12,22H,13-15H2/t22-/m1/s1. The summed E-state index contributed by atoms with van der Waals surface area (Å²) in [6, 6.07) is 17.8. The molecule has 0 fully saturated rings. The molecule has 9 nitrogen and oxygen atoms in total. The first-order valence-corrected chi connectivity index (χ1v) is 12.0. The number of carbonyl (C=O) groups is 2. The van der Waals surface area contributed by atoms with E-state index < -0.39 is 32.8 Å². The number of fused-ring (bicyclic) bond motifs is 2. The van der Waals surface area contributed by atoms with E-state index in [2.05, 4.69) is 0 Å². The lowest BCUT2D eigenvalue weighted by Gasteiger charge is -2.37. The van der Waals surface area contributed by atoms with E-state index in [1.807, 2.05) is 12.1 Å². The maximum absolute atomic E-state index is 13.6. The molecule has 172 valence electrons. The van der Waals surface area contributed by atoms with Crippen molar-refractivity contribution in [2.24, 2.45) is 0 Å². The normalized spacial score (nSPS) is 18.0. The lowest BCUT2D eigenvalue weighted by atomic mass is 9.94. The van der Waals surface area contributed by atoms with Gasteiger partial charge in [0.15, 0.2) is 0 Å². The number of nitro groups is 1. The second kappa shape index (κ2) is 8.15. The molecule has 10 heteroatoms. The number of non-ortho nitro benzene ring substituents is 1. The average molecular weight is 477 g/mol. The van der Waals surface area contributed by atoms with Gasteiger partial charge < -0.3 is 0 Å². The fraction of sp³-hybridized carbons (Fsp3) is 0.167. The predicted molar refractivity (Wildman–Crippen MR) is 122 cm³/mol. The van der Waals surface area contributed by atoms with Crippen molar-refractivity contribution in [3.05, 3.63) is 105 Å². The van der Waals surface area contributed by atoms with Crippen LogP contribution in [0.4, 0.5) is 5.69 Å². The Morgan fingerprint density at radius 1 is 0.882 bits per heavy atom. The second-order valence-corrected chi connectivity index (χ2v) is 9.99. The zero-order chi connectivity index (χ0) is 24.0. The van der Waals surface area contributed by atoms with Gasteiger partial charge >= 0.3 is 0 Å². The Hall–Kier alpha value is -3.89. The van der Waals surface area contributed by atoms with E-state index in [-0.39, 0.29) is 23.7 Å². The first-order chi connectivity index (χ1) is 16.3. The molecule has 0 unspecified atom stereocenters. The molecule has 0 saturated heterocycles. The van der Waals surface area contributed by atoms with Crippen LogP contribution in [0.5, 0.6) is 0 Å². The fourth-order valence-corrected chi connectivity index (χ4v) is 6.16. The van der Waals surface area contributed by atoms with Gasteiger partial charge in [-0.05, 0) is 41.8 Å². The lowest BCUT2D eigenvalue weighted by molar-refractivity contribution is -0.384. The molecule has 0 bridgehead atoms. The van der Waals surface area contributed by atoms with Crippen molar-refractivity contribution in [2.45, 2.75) is 17.4 Å². The highest BCUT2D eigenvalue weighted by Crippen LogP contribution is 2.36. The molecule has 2 aliphatic heterocycles. The summed E-state index contributed by atoms with van der Waals surface area (Å²) in [4.78, 5) is 37.4. The van der Waals surface area contributed by atoms with Crippen LogP contribution in [0.3, 0.4) is 0 Å². The third-order valence-electron chi connectivity index (χ3n) is 6.25. The number of sulfonamides is 1. The van der Waals surface area contributed by atoms with E-state index in [1.165, 1.54) is 16.4 Å². The minimum atomic E-state index is -4.08. The molecule has 0 saturated carbocycles. The minimum absolute atomic E-state index is 0.0927. The molecule has 3 aromatic carbocycles. The highest BCUT2D eigenvalue weighted by Gasteiger charge is 2.42. The predicted octanol–water partition coefficient (Wildman–Crippen LogP) is 3.18. The second-order valence-electron chi connectivity index (χ2n) is 8.10. The van der Waals surface area contributed by atoms with Gasteiger partial charge in [0.05, 0.1) is 33.5 Å². The molecule has 34 heavy (non-hydrogen) atoms. The Balaban J connectivity index is 1.54. The summed E-state index contributed by atoms with van der Waals surface area (Å²) < 4.78 is 28.5. The third-order valence-corrected chi connectivity index (χ3v) is 8.17.